The fraction of sp³-hybridized carbons (Fsp3) is 0.467. The fourth-order valence-corrected chi connectivity index (χ4v) is 2.06. The molecule has 0 bridgehead atoms. The third kappa shape index (κ3) is 3.56. The highest BCUT2D eigenvalue weighted by atomic mass is 16.7. The molecule has 0 radical (unpaired) electrons. The lowest BCUT2D eigenvalue weighted by molar-refractivity contribution is -0.257. The Morgan fingerprint density at radius 2 is 2.16 bits per heavy atom. The molecule has 0 spiro atoms. The highest BCUT2D eigenvalue weighted by molar-refractivity contribution is 5.28. The van der Waals surface area contributed by atoms with Crippen LogP contribution in [0.25, 0.3) is 0 Å². The van der Waals surface area contributed by atoms with Gasteiger partial charge in [-0.1, -0.05) is 18.2 Å². The van der Waals surface area contributed by atoms with E-state index in [2.05, 4.69) is 6.58 Å². The Balaban J connectivity index is 2.01. The van der Waals surface area contributed by atoms with Crippen molar-refractivity contribution >= 4 is 0 Å². The molecule has 1 aliphatic heterocycles. The van der Waals surface area contributed by atoms with Crippen molar-refractivity contribution in [3.63, 3.8) is 0 Å². The van der Waals surface area contributed by atoms with E-state index in [-0.39, 0.29) is 6.10 Å². The maximum absolute atomic E-state index is 9.84. The van der Waals surface area contributed by atoms with Gasteiger partial charge in [0, 0.05) is 5.56 Å². The van der Waals surface area contributed by atoms with E-state index < -0.39 is 12.4 Å². The number of aliphatic hydroxyl groups is 1. The van der Waals surface area contributed by atoms with Crippen LogP contribution in [0.2, 0.25) is 0 Å². The van der Waals surface area contributed by atoms with Gasteiger partial charge >= 0.3 is 0 Å². The predicted octanol–water partition coefficient (Wildman–Crippen LogP) is 2.44. The van der Waals surface area contributed by atoms with E-state index in [1.165, 1.54) is 0 Å². The average molecular weight is 264 g/mol. The molecular formula is C15H20O4. The van der Waals surface area contributed by atoms with E-state index in [4.69, 9.17) is 14.2 Å². The molecule has 1 heterocycles. The summed E-state index contributed by atoms with van der Waals surface area (Å²) in [6.45, 7) is 3.97. The standard InChI is InChI=1S/C15H20O4/c1-3-4-5-14-13(16)10-18-15(19-14)11-6-8-12(17-2)9-7-11/h3,6-9,13-16H,1,4-5,10H2,2H3/t13-,14+,15-/m1/s1. The number of hydrogen-bond acceptors (Lipinski definition) is 4. The predicted molar refractivity (Wildman–Crippen MR) is 72.0 cm³/mol. The van der Waals surface area contributed by atoms with Crippen LogP contribution in [0, 0.1) is 0 Å². The van der Waals surface area contributed by atoms with Crippen molar-refractivity contribution in [2.24, 2.45) is 0 Å². The second-order valence-electron chi connectivity index (χ2n) is 4.55. The van der Waals surface area contributed by atoms with Gasteiger partial charge in [-0.2, -0.15) is 0 Å². The zero-order chi connectivity index (χ0) is 13.7. The maximum Gasteiger partial charge on any atom is 0.184 e. The summed E-state index contributed by atoms with van der Waals surface area (Å²) in [5.41, 5.74) is 0.927. The third-order valence-corrected chi connectivity index (χ3v) is 3.19. The molecule has 1 fully saturated rings. The molecule has 1 aromatic carbocycles. The van der Waals surface area contributed by atoms with Crippen LogP contribution < -0.4 is 4.74 Å². The van der Waals surface area contributed by atoms with Crippen LogP contribution in [0.15, 0.2) is 36.9 Å². The molecule has 1 aliphatic rings. The molecule has 4 heteroatoms. The smallest absolute Gasteiger partial charge is 0.184 e. The molecule has 1 N–H and O–H groups in total. The van der Waals surface area contributed by atoms with Crippen molar-refractivity contribution in [3.8, 4) is 5.75 Å². The van der Waals surface area contributed by atoms with Gasteiger partial charge in [-0.15, -0.1) is 6.58 Å². The molecule has 104 valence electrons. The van der Waals surface area contributed by atoms with Crippen LogP contribution in [0.4, 0.5) is 0 Å². The second-order valence-corrected chi connectivity index (χ2v) is 4.55. The average Bonchev–Trinajstić information content (AvgIpc) is 2.46. The Bertz CT molecular complexity index is 401. The Labute approximate surface area is 113 Å². The molecule has 0 saturated carbocycles. The summed E-state index contributed by atoms with van der Waals surface area (Å²) < 4.78 is 16.4. The summed E-state index contributed by atoms with van der Waals surface area (Å²) in [7, 11) is 1.63. The van der Waals surface area contributed by atoms with Crippen LogP contribution in [-0.2, 0) is 9.47 Å². The Hall–Kier alpha value is -1.36. The van der Waals surface area contributed by atoms with Gasteiger partial charge < -0.3 is 19.3 Å². The topological polar surface area (TPSA) is 47.9 Å². The first-order valence-corrected chi connectivity index (χ1v) is 6.44. The fourth-order valence-electron chi connectivity index (χ4n) is 2.06. The minimum atomic E-state index is -0.575. The van der Waals surface area contributed by atoms with Crippen molar-refractivity contribution in [2.75, 3.05) is 13.7 Å². The van der Waals surface area contributed by atoms with Gasteiger partial charge in [-0.3, -0.25) is 0 Å². The third-order valence-electron chi connectivity index (χ3n) is 3.19. The van der Waals surface area contributed by atoms with Crippen LogP contribution >= 0.6 is 0 Å². The van der Waals surface area contributed by atoms with Crippen LogP contribution in [-0.4, -0.2) is 31.0 Å². The van der Waals surface area contributed by atoms with Crippen molar-refractivity contribution < 1.29 is 19.3 Å². The van der Waals surface area contributed by atoms with E-state index >= 15 is 0 Å². The highest BCUT2D eigenvalue weighted by Gasteiger charge is 2.30. The number of hydrogen-bond donors (Lipinski definition) is 1. The summed E-state index contributed by atoms with van der Waals surface area (Å²) in [4.78, 5) is 0. The minimum Gasteiger partial charge on any atom is -0.497 e. The van der Waals surface area contributed by atoms with Gasteiger partial charge in [-0.25, -0.2) is 0 Å². The largest absolute Gasteiger partial charge is 0.497 e. The lowest BCUT2D eigenvalue weighted by atomic mass is 10.1. The number of rotatable bonds is 5. The van der Waals surface area contributed by atoms with E-state index in [1.807, 2.05) is 30.3 Å². The Morgan fingerprint density at radius 1 is 1.42 bits per heavy atom. The van der Waals surface area contributed by atoms with Gasteiger partial charge in [0.1, 0.15) is 11.9 Å². The van der Waals surface area contributed by atoms with Crippen LogP contribution in [0.3, 0.4) is 0 Å². The zero-order valence-corrected chi connectivity index (χ0v) is 11.1. The Kier molecular flexibility index (Phi) is 4.96. The molecule has 1 saturated heterocycles. The first kappa shape index (κ1) is 14.1. The van der Waals surface area contributed by atoms with E-state index in [0.29, 0.717) is 6.61 Å². The van der Waals surface area contributed by atoms with E-state index in [0.717, 1.165) is 24.2 Å². The van der Waals surface area contributed by atoms with Crippen LogP contribution in [0.1, 0.15) is 24.7 Å². The van der Waals surface area contributed by atoms with Gasteiger partial charge in [0.15, 0.2) is 6.29 Å². The highest BCUT2D eigenvalue weighted by Crippen LogP contribution is 2.29. The van der Waals surface area contributed by atoms with Gasteiger partial charge in [-0.05, 0) is 25.0 Å². The van der Waals surface area contributed by atoms with Gasteiger partial charge in [0.05, 0.1) is 19.8 Å². The minimum absolute atomic E-state index is 0.209. The Morgan fingerprint density at radius 3 is 2.79 bits per heavy atom. The first-order chi connectivity index (χ1) is 9.24. The molecule has 2 rings (SSSR count). The number of ether oxygens (including phenoxy) is 3. The van der Waals surface area contributed by atoms with Crippen molar-refractivity contribution in [1.29, 1.82) is 0 Å². The molecule has 19 heavy (non-hydrogen) atoms. The molecule has 0 aromatic heterocycles. The van der Waals surface area contributed by atoms with E-state index in [9.17, 15) is 5.11 Å². The second kappa shape index (κ2) is 6.70. The zero-order valence-electron chi connectivity index (χ0n) is 11.1. The van der Waals surface area contributed by atoms with Gasteiger partial charge in [0.2, 0.25) is 0 Å². The van der Waals surface area contributed by atoms with Crippen molar-refractivity contribution in [3.05, 3.63) is 42.5 Å². The number of methoxy groups -OCH3 is 1. The molecule has 1 aromatic rings. The normalized spacial score (nSPS) is 26.9. The first-order valence-electron chi connectivity index (χ1n) is 6.44. The lowest BCUT2D eigenvalue weighted by Crippen LogP contribution is -2.40. The molecule has 0 aliphatic carbocycles. The van der Waals surface area contributed by atoms with E-state index in [1.54, 1.807) is 7.11 Å². The molecule has 3 atom stereocenters. The summed E-state index contributed by atoms with van der Waals surface area (Å²) in [6.07, 6.45) is 2.18. The SMILES string of the molecule is C=CCC[C@@H]1O[C@H](c2ccc(OC)cc2)OC[C@H]1O. The summed E-state index contributed by atoms with van der Waals surface area (Å²) >= 11 is 0. The molecule has 0 unspecified atom stereocenters. The lowest BCUT2D eigenvalue weighted by Gasteiger charge is -2.34. The summed E-state index contributed by atoms with van der Waals surface area (Å²) in [6, 6.07) is 7.55. The number of benzene rings is 1. The number of aliphatic hydroxyl groups excluding tert-OH is 1. The van der Waals surface area contributed by atoms with Gasteiger partial charge in [0.25, 0.3) is 0 Å². The van der Waals surface area contributed by atoms with Crippen molar-refractivity contribution in [2.45, 2.75) is 31.3 Å². The van der Waals surface area contributed by atoms with Crippen molar-refractivity contribution in [1.82, 2.24) is 0 Å². The summed E-state index contributed by atoms with van der Waals surface area (Å²) in [5.74, 6) is 0.794. The molecule has 0 amide bonds. The monoisotopic (exact) mass is 264 g/mol. The molecule has 4 nitrogen and oxygen atoms in total. The molecular weight excluding hydrogens is 244 g/mol. The van der Waals surface area contributed by atoms with Crippen LogP contribution in [0.5, 0.6) is 5.75 Å². The summed E-state index contributed by atoms with van der Waals surface area (Å²) in [5, 5.41) is 9.84. The number of allylic oxidation sites excluding steroid dienone is 1. The maximum atomic E-state index is 9.84. The quantitative estimate of drug-likeness (QED) is 0.830.